The first-order valence-corrected chi connectivity index (χ1v) is 9.08. The summed E-state index contributed by atoms with van der Waals surface area (Å²) in [6.45, 7) is 6.49. The molecule has 0 spiro atoms. The van der Waals surface area contributed by atoms with Crippen LogP contribution in [0.3, 0.4) is 0 Å². The molecule has 3 nitrogen and oxygen atoms in total. The molecule has 25 heavy (non-hydrogen) atoms. The molecule has 1 fully saturated rings. The van der Waals surface area contributed by atoms with Gasteiger partial charge in [-0.25, -0.2) is 0 Å². The molecule has 132 valence electrons. The number of aliphatic imine (C=N–C) groups is 1. The zero-order valence-corrected chi connectivity index (χ0v) is 15.2. The standard InChI is InChI=1S/C22H27NO2/c1-18(2)25-21-10-8-19(9-11-21)16-23-17-22(12-14-24-15-13-22)20-6-4-3-5-7-20/h3-11,16,18H,12-15,17H2,1-2H3. The lowest BCUT2D eigenvalue weighted by Crippen LogP contribution is -2.36. The van der Waals surface area contributed by atoms with Crippen LogP contribution in [0, 0.1) is 0 Å². The van der Waals surface area contributed by atoms with Crippen LogP contribution in [0.1, 0.15) is 37.8 Å². The molecule has 1 aliphatic rings. The predicted molar refractivity (Wildman–Crippen MR) is 103 cm³/mol. The molecule has 0 aromatic heterocycles. The van der Waals surface area contributed by atoms with E-state index in [1.54, 1.807) is 0 Å². The zero-order valence-electron chi connectivity index (χ0n) is 15.2. The van der Waals surface area contributed by atoms with Gasteiger partial charge < -0.3 is 9.47 Å². The van der Waals surface area contributed by atoms with Crippen molar-refractivity contribution in [2.45, 2.75) is 38.2 Å². The van der Waals surface area contributed by atoms with E-state index in [0.717, 1.165) is 43.9 Å². The predicted octanol–water partition coefficient (Wildman–Crippen LogP) is 4.64. The van der Waals surface area contributed by atoms with E-state index in [4.69, 9.17) is 14.5 Å². The lowest BCUT2D eigenvalue weighted by molar-refractivity contribution is 0.0532. The van der Waals surface area contributed by atoms with Crippen molar-refractivity contribution < 1.29 is 9.47 Å². The fourth-order valence-electron chi connectivity index (χ4n) is 3.32. The van der Waals surface area contributed by atoms with Crippen molar-refractivity contribution in [3.8, 4) is 5.75 Å². The quantitative estimate of drug-likeness (QED) is 0.719. The summed E-state index contributed by atoms with van der Waals surface area (Å²) in [5.41, 5.74) is 2.57. The van der Waals surface area contributed by atoms with Crippen molar-refractivity contribution in [3.63, 3.8) is 0 Å². The second-order valence-corrected chi connectivity index (χ2v) is 6.96. The van der Waals surface area contributed by atoms with Gasteiger partial charge in [0.1, 0.15) is 5.75 Å². The highest BCUT2D eigenvalue weighted by atomic mass is 16.5. The van der Waals surface area contributed by atoms with Crippen molar-refractivity contribution in [2.75, 3.05) is 19.8 Å². The number of hydrogen-bond donors (Lipinski definition) is 0. The van der Waals surface area contributed by atoms with E-state index in [1.165, 1.54) is 5.56 Å². The topological polar surface area (TPSA) is 30.8 Å². The van der Waals surface area contributed by atoms with Crippen molar-refractivity contribution in [2.24, 2.45) is 4.99 Å². The molecule has 0 unspecified atom stereocenters. The first kappa shape index (κ1) is 17.7. The van der Waals surface area contributed by atoms with Gasteiger partial charge in [0, 0.05) is 31.4 Å². The molecular formula is C22H27NO2. The maximum absolute atomic E-state index is 5.68. The van der Waals surface area contributed by atoms with Gasteiger partial charge in [0.05, 0.1) is 6.10 Å². The molecule has 0 bridgehead atoms. The maximum Gasteiger partial charge on any atom is 0.119 e. The van der Waals surface area contributed by atoms with E-state index in [1.807, 2.05) is 32.2 Å². The normalized spacial score (nSPS) is 17.1. The van der Waals surface area contributed by atoms with Gasteiger partial charge in [-0.05, 0) is 62.1 Å². The van der Waals surface area contributed by atoms with Crippen LogP contribution in [-0.4, -0.2) is 32.1 Å². The molecule has 0 amide bonds. The van der Waals surface area contributed by atoms with Gasteiger partial charge in [-0.15, -0.1) is 0 Å². The van der Waals surface area contributed by atoms with E-state index in [-0.39, 0.29) is 11.5 Å². The maximum atomic E-state index is 5.68. The number of hydrogen-bond acceptors (Lipinski definition) is 3. The molecule has 0 saturated carbocycles. The summed E-state index contributed by atoms with van der Waals surface area (Å²) in [6, 6.07) is 18.9. The Bertz CT molecular complexity index is 671. The van der Waals surface area contributed by atoms with Crippen LogP contribution in [0.2, 0.25) is 0 Å². The fraction of sp³-hybridized carbons (Fsp3) is 0.409. The second kappa shape index (κ2) is 8.30. The van der Waals surface area contributed by atoms with Crippen LogP contribution in [0.25, 0.3) is 0 Å². The monoisotopic (exact) mass is 337 g/mol. The molecule has 1 heterocycles. The molecule has 0 radical (unpaired) electrons. The highest BCUT2D eigenvalue weighted by Gasteiger charge is 2.33. The van der Waals surface area contributed by atoms with Crippen molar-refractivity contribution in [3.05, 3.63) is 65.7 Å². The molecule has 2 aromatic carbocycles. The lowest BCUT2D eigenvalue weighted by atomic mass is 9.74. The van der Waals surface area contributed by atoms with Crippen LogP contribution < -0.4 is 4.74 Å². The van der Waals surface area contributed by atoms with Crippen molar-refractivity contribution in [1.82, 2.24) is 0 Å². The molecular weight excluding hydrogens is 310 g/mol. The van der Waals surface area contributed by atoms with Crippen molar-refractivity contribution >= 4 is 6.21 Å². The molecule has 1 saturated heterocycles. The van der Waals surface area contributed by atoms with Gasteiger partial charge in [0.15, 0.2) is 0 Å². The van der Waals surface area contributed by atoms with Crippen LogP contribution in [0.4, 0.5) is 0 Å². The number of rotatable bonds is 6. The third-order valence-corrected chi connectivity index (χ3v) is 4.72. The number of nitrogens with zero attached hydrogens (tertiary/aromatic N) is 1. The number of benzene rings is 2. The number of ether oxygens (including phenoxy) is 2. The summed E-state index contributed by atoms with van der Waals surface area (Å²) in [7, 11) is 0. The average Bonchev–Trinajstić information content (AvgIpc) is 2.64. The van der Waals surface area contributed by atoms with Crippen LogP contribution in [0.5, 0.6) is 5.75 Å². The van der Waals surface area contributed by atoms with Crippen LogP contribution >= 0.6 is 0 Å². The van der Waals surface area contributed by atoms with Gasteiger partial charge in [-0.2, -0.15) is 0 Å². The third-order valence-electron chi connectivity index (χ3n) is 4.72. The molecule has 0 atom stereocenters. The van der Waals surface area contributed by atoms with E-state index < -0.39 is 0 Å². The minimum atomic E-state index is 0.0940. The summed E-state index contributed by atoms with van der Waals surface area (Å²) in [4.78, 5) is 4.78. The Balaban J connectivity index is 1.70. The van der Waals surface area contributed by atoms with E-state index in [9.17, 15) is 0 Å². The molecule has 1 aliphatic heterocycles. The van der Waals surface area contributed by atoms with Crippen LogP contribution in [0.15, 0.2) is 59.6 Å². The second-order valence-electron chi connectivity index (χ2n) is 6.96. The fourth-order valence-corrected chi connectivity index (χ4v) is 3.32. The Morgan fingerprint density at radius 1 is 1.04 bits per heavy atom. The van der Waals surface area contributed by atoms with Gasteiger partial charge in [0.25, 0.3) is 0 Å². The Morgan fingerprint density at radius 3 is 2.36 bits per heavy atom. The summed E-state index contributed by atoms with van der Waals surface area (Å²) in [5, 5.41) is 0. The van der Waals surface area contributed by atoms with E-state index in [0.29, 0.717) is 0 Å². The zero-order chi connectivity index (χ0) is 17.5. The van der Waals surface area contributed by atoms with Gasteiger partial charge in [-0.3, -0.25) is 4.99 Å². The Morgan fingerprint density at radius 2 is 1.72 bits per heavy atom. The summed E-state index contributed by atoms with van der Waals surface area (Å²) in [5.74, 6) is 0.900. The summed E-state index contributed by atoms with van der Waals surface area (Å²) < 4.78 is 11.3. The van der Waals surface area contributed by atoms with E-state index >= 15 is 0 Å². The Labute approximate surface area is 150 Å². The average molecular weight is 337 g/mol. The minimum absolute atomic E-state index is 0.0940. The molecule has 3 rings (SSSR count). The Hall–Kier alpha value is -2.13. The molecule has 3 heteroatoms. The SMILES string of the molecule is CC(C)Oc1ccc(C=NCC2(c3ccccc3)CCOCC2)cc1. The first-order chi connectivity index (χ1) is 12.2. The summed E-state index contributed by atoms with van der Waals surface area (Å²) in [6.07, 6.45) is 4.21. The largest absolute Gasteiger partial charge is 0.491 e. The summed E-state index contributed by atoms with van der Waals surface area (Å²) >= 11 is 0. The lowest BCUT2D eigenvalue weighted by Gasteiger charge is -2.36. The third kappa shape index (κ3) is 4.70. The highest BCUT2D eigenvalue weighted by molar-refractivity contribution is 5.79. The van der Waals surface area contributed by atoms with Gasteiger partial charge >= 0.3 is 0 Å². The van der Waals surface area contributed by atoms with Gasteiger partial charge in [0.2, 0.25) is 0 Å². The van der Waals surface area contributed by atoms with Gasteiger partial charge in [-0.1, -0.05) is 30.3 Å². The smallest absolute Gasteiger partial charge is 0.119 e. The molecule has 2 aromatic rings. The molecule has 0 N–H and O–H groups in total. The van der Waals surface area contributed by atoms with Crippen LogP contribution in [-0.2, 0) is 10.2 Å². The first-order valence-electron chi connectivity index (χ1n) is 9.08. The Kier molecular flexibility index (Phi) is 5.87. The molecule has 0 aliphatic carbocycles. The van der Waals surface area contributed by atoms with Crippen molar-refractivity contribution in [1.29, 1.82) is 0 Å². The van der Waals surface area contributed by atoms with E-state index in [2.05, 4.69) is 42.5 Å². The highest BCUT2D eigenvalue weighted by Crippen LogP contribution is 2.35. The minimum Gasteiger partial charge on any atom is -0.491 e.